The van der Waals surface area contributed by atoms with Crippen LogP contribution in [0.2, 0.25) is 0 Å². The predicted molar refractivity (Wildman–Crippen MR) is 210 cm³/mol. The van der Waals surface area contributed by atoms with Gasteiger partial charge < -0.3 is 19.1 Å². The summed E-state index contributed by atoms with van der Waals surface area (Å²) in [5.74, 6) is -2.17. The van der Waals surface area contributed by atoms with Crippen LogP contribution in [-0.2, 0) is 33.9 Å². The van der Waals surface area contributed by atoms with Gasteiger partial charge in [0.05, 0.1) is 53.7 Å². The molecule has 56 heavy (non-hydrogen) atoms. The summed E-state index contributed by atoms with van der Waals surface area (Å²) in [6.07, 6.45) is 6.51. The maximum atomic E-state index is 14.9. The van der Waals surface area contributed by atoms with Crippen molar-refractivity contribution in [3.05, 3.63) is 36.0 Å². The highest BCUT2D eigenvalue weighted by molar-refractivity contribution is 7.90. The average Bonchev–Trinajstić information content (AvgIpc) is 4.04. The molecule has 0 radical (unpaired) electrons. The molecule has 2 aromatic rings. The van der Waals surface area contributed by atoms with Crippen molar-refractivity contribution in [1.29, 1.82) is 0 Å². The zero-order valence-electron chi connectivity index (χ0n) is 34.0. The van der Waals surface area contributed by atoms with Crippen molar-refractivity contribution in [2.45, 2.75) is 135 Å². The number of aromatic nitrogens is 2. The van der Waals surface area contributed by atoms with E-state index in [1.165, 1.54) is 4.90 Å². The Kier molecular flexibility index (Phi) is 11.9. The van der Waals surface area contributed by atoms with Gasteiger partial charge in [-0.1, -0.05) is 39.8 Å². The number of benzene rings is 1. The number of ketones is 1. The van der Waals surface area contributed by atoms with E-state index in [-0.39, 0.29) is 67.0 Å². The summed E-state index contributed by atoms with van der Waals surface area (Å²) in [5.41, 5.74) is -0.164. The molecule has 1 N–H and O–H groups in total. The third-order valence-corrected chi connectivity index (χ3v) is 13.5. The summed E-state index contributed by atoms with van der Waals surface area (Å²) in [4.78, 5) is 68.0. The number of allylic oxidation sites excluding steroid dienone is 2. The lowest BCUT2D eigenvalue weighted by atomic mass is 9.82. The Morgan fingerprint density at radius 3 is 2.45 bits per heavy atom. The van der Waals surface area contributed by atoms with Crippen molar-refractivity contribution < 1.29 is 41.8 Å². The quantitative estimate of drug-likeness (QED) is 0.232. The van der Waals surface area contributed by atoms with Crippen LogP contribution in [0.1, 0.15) is 118 Å². The zero-order valence-corrected chi connectivity index (χ0v) is 34.8. The van der Waals surface area contributed by atoms with Gasteiger partial charge in [-0.3, -0.25) is 23.9 Å². The number of rotatable bonds is 9. The van der Waals surface area contributed by atoms with Gasteiger partial charge in [0.15, 0.2) is 5.78 Å². The molecule has 1 aromatic carbocycles. The molecule has 2 saturated carbocycles. The SMILES string of the molecule is COc1ccc2nc(C(C)C)c(O[C@@H]3C[C@H]4C(=O)C[C@]5(C(=O)NS(=O)(=O)C6CC6)C[C@H]5/C=C\CC[C@H](C)C[C@@H](C)[C@H](CC(=O)OC(C)(C)C)C(=O)N4C3)nc2c1. The lowest BCUT2D eigenvalue weighted by molar-refractivity contribution is -0.160. The van der Waals surface area contributed by atoms with Crippen LogP contribution in [0.15, 0.2) is 30.4 Å². The largest absolute Gasteiger partial charge is 0.497 e. The van der Waals surface area contributed by atoms with E-state index in [1.807, 2.05) is 45.1 Å². The van der Waals surface area contributed by atoms with Gasteiger partial charge in [-0.05, 0) is 89.2 Å². The molecular formula is C42H58N4O9S. The van der Waals surface area contributed by atoms with Crippen LogP contribution in [-0.4, -0.2) is 83.5 Å². The lowest BCUT2D eigenvalue weighted by Crippen LogP contribution is -2.47. The molecule has 3 fully saturated rings. The van der Waals surface area contributed by atoms with Gasteiger partial charge >= 0.3 is 5.97 Å². The molecule has 0 spiro atoms. The number of nitrogens with one attached hydrogen (secondary N) is 1. The van der Waals surface area contributed by atoms with Gasteiger partial charge in [-0.2, -0.15) is 0 Å². The Bertz CT molecular complexity index is 1990. The van der Waals surface area contributed by atoms with Gasteiger partial charge in [0.25, 0.3) is 0 Å². The van der Waals surface area contributed by atoms with Crippen molar-refractivity contribution in [3.8, 4) is 11.6 Å². The van der Waals surface area contributed by atoms with Crippen LogP contribution < -0.4 is 14.2 Å². The minimum absolute atomic E-state index is 0.0380. The summed E-state index contributed by atoms with van der Waals surface area (Å²) >= 11 is 0. The monoisotopic (exact) mass is 794 g/mol. The second kappa shape index (κ2) is 16.1. The third-order valence-electron chi connectivity index (χ3n) is 11.7. The Morgan fingerprint density at radius 2 is 1.79 bits per heavy atom. The van der Waals surface area contributed by atoms with Crippen molar-refractivity contribution >= 4 is 44.6 Å². The Labute approximate surface area is 330 Å². The fourth-order valence-corrected chi connectivity index (χ4v) is 9.71. The van der Waals surface area contributed by atoms with E-state index in [4.69, 9.17) is 24.2 Å². The number of sulfonamides is 1. The number of carbonyl (C=O) groups excluding carboxylic acids is 4. The maximum Gasteiger partial charge on any atom is 0.307 e. The molecule has 13 nitrogen and oxygen atoms in total. The van der Waals surface area contributed by atoms with E-state index < -0.39 is 56.2 Å². The molecule has 2 aliphatic heterocycles. The highest BCUT2D eigenvalue weighted by atomic mass is 32.2. The number of fused-ring (bicyclic) bond motifs is 3. The highest BCUT2D eigenvalue weighted by Gasteiger charge is 2.61. The molecule has 7 atom stereocenters. The molecule has 0 unspecified atom stereocenters. The summed E-state index contributed by atoms with van der Waals surface area (Å²) < 4.78 is 45.9. The molecule has 14 heteroatoms. The molecule has 4 aliphatic rings. The molecule has 3 heterocycles. The first kappa shape index (κ1) is 41.6. The zero-order chi connectivity index (χ0) is 40.7. The molecular weight excluding hydrogens is 737 g/mol. The second-order valence-electron chi connectivity index (χ2n) is 17.9. The highest BCUT2D eigenvalue weighted by Crippen LogP contribution is 2.57. The number of hydrogen-bond acceptors (Lipinski definition) is 11. The van der Waals surface area contributed by atoms with Crippen molar-refractivity contribution in [1.82, 2.24) is 19.6 Å². The number of nitrogens with zero attached hydrogens (tertiary/aromatic N) is 3. The van der Waals surface area contributed by atoms with Crippen molar-refractivity contribution in [2.75, 3.05) is 13.7 Å². The topological polar surface area (TPSA) is 171 Å². The number of hydrogen-bond donors (Lipinski definition) is 1. The molecule has 2 amide bonds. The van der Waals surface area contributed by atoms with Gasteiger partial charge in [-0.15, -0.1) is 0 Å². The third kappa shape index (κ3) is 9.37. The fourth-order valence-electron chi connectivity index (χ4n) is 8.33. The molecule has 1 aromatic heterocycles. The number of Topliss-reactive ketones (excluding diaryl/α,β-unsaturated/α-hetero) is 1. The number of methoxy groups -OCH3 is 1. The number of carbonyl (C=O) groups is 4. The van der Waals surface area contributed by atoms with Gasteiger partial charge in [0, 0.05) is 24.8 Å². The number of amides is 2. The van der Waals surface area contributed by atoms with Crippen molar-refractivity contribution in [2.24, 2.45) is 29.1 Å². The van der Waals surface area contributed by atoms with Gasteiger partial charge in [0.1, 0.15) is 23.1 Å². The first-order valence-electron chi connectivity index (χ1n) is 20.1. The first-order chi connectivity index (χ1) is 26.3. The maximum absolute atomic E-state index is 14.9. The van der Waals surface area contributed by atoms with E-state index in [9.17, 15) is 27.6 Å². The summed E-state index contributed by atoms with van der Waals surface area (Å²) in [6.45, 7) is 13.4. The Morgan fingerprint density at radius 1 is 1.05 bits per heavy atom. The van der Waals surface area contributed by atoms with Crippen molar-refractivity contribution in [3.63, 3.8) is 0 Å². The van der Waals surface area contributed by atoms with Gasteiger partial charge in [-0.25, -0.2) is 18.4 Å². The standard InChI is InChI=1S/C42H58N4O9S/c1-24(2)37-38(44-33-18-28(53-8)13-16-32(33)43-37)54-29-19-34-35(47)22-42(40(50)45-56(51,52)30-14-15-30)21-27(42)12-10-9-11-25(3)17-26(4)31(39(49)46(34)23-29)20-36(48)55-41(5,6)7/h10,12-13,16,18,24-27,29-31,34H,9,11,14-15,17,19-23H2,1-8H3,(H,45,50)/b12-10-/t25-,26+,27+,29+,31-,34-,42+/m0/s1. The summed E-state index contributed by atoms with van der Waals surface area (Å²) in [6, 6.07) is 4.42. The smallest absolute Gasteiger partial charge is 0.307 e. The molecule has 6 rings (SSSR count). The number of esters is 1. The summed E-state index contributed by atoms with van der Waals surface area (Å²) in [7, 11) is -2.29. The normalized spacial score (nSPS) is 29.5. The predicted octanol–water partition coefficient (Wildman–Crippen LogP) is 6.04. The molecule has 0 bridgehead atoms. The van der Waals surface area contributed by atoms with Crippen LogP contribution in [0, 0.1) is 29.1 Å². The van der Waals surface area contributed by atoms with E-state index in [2.05, 4.69) is 11.6 Å². The fraction of sp³-hybridized carbons (Fsp3) is 0.667. The lowest BCUT2D eigenvalue weighted by Gasteiger charge is -2.32. The van der Waals surface area contributed by atoms with Crippen LogP contribution >= 0.6 is 0 Å². The van der Waals surface area contributed by atoms with E-state index in [0.717, 1.165) is 12.8 Å². The summed E-state index contributed by atoms with van der Waals surface area (Å²) in [5, 5.41) is -0.602. The first-order valence-corrected chi connectivity index (χ1v) is 21.6. The van der Waals surface area contributed by atoms with Crippen LogP contribution in [0.3, 0.4) is 0 Å². The second-order valence-corrected chi connectivity index (χ2v) is 19.9. The Hall–Kier alpha value is -4.07. The molecule has 1 saturated heterocycles. The van der Waals surface area contributed by atoms with Crippen LogP contribution in [0.25, 0.3) is 11.0 Å². The van der Waals surface area contributed by atoms with E-state index in [1.54, 1.807) is 33.9 Å². The molecule has 2 aliphatic carbocycles. The number of ether oxygens (including phenoxy) is 3. The average molecular weight is 795 g/mol. The van der Waals surface area contributed by atoms with E-state index in [0.29, 0.717) is 48.2 Å². The van der Waals surface area contributed by atoms with E-state index >= 15 is 0 Å². The van der Waals surface area contributed by atoms with Crippen LogP contribution in [0.5, 0.6) is 11.6 Å². The van der Waals surface area contributed by atoms with Crippen LogP contribution in [0.4, 0.5) is 0 Å². The van der Waals surface area contributed by atoms with Gasteiger partial charge in [0.2, 0.25) is 27.7 Å². The minimum atomic E-state index is -3.86. The molecule has 306 valence electrons. The minimum Gasteiger partial charge on any atom is -0.497 e. The Balaban J connectivity index is 1.37.